The lowest BCUT2D eigenvalue weighted by molar-refractivity contribution is -0.140. The zero-order valence-electron chi connectivity index (χ0n) is 21.6. The molecule has 2 aliphatic heterocycles. The Kier molecular flexibility index (Phi) is 8.14. The summed E-state index contributed by atoms with van der Waals surface area (Å²) >= 11 is 0. The van der Waals surface area contributed by atoms with Gasteiger partial charge in [-0.1, -0.05) is 30.3 Å². The molecule has 0 spiro atoms. The van der Waals surface area contributed by atoms with Crippen LogP contribution in [0.4, 0.5) is 35.7 Å². The van der Waals surface area contributed by atoms with E-state index >= 15 is 0 Å². The van der Waals surface area contributed by atoms with Gasteiger partial charge < -0.3 is 30.3 Å². The predicted octanol–water partition coefficient (Wildman–Crippen LogP) is 3.58. The summed E-state index contributed by atoms with van der Waals surface area (Å²) in [5, 5.41) is 3.32. The van der Waals surface area contributed by atoms with Crippen LogP contribution in [0.5, 0.6) is 0 Å². The second-order valence-corrected chi connectivity index (χ2v) is 9.47. The minimum atomic E-state index is -4.76. The maximum atomic E-state index is 13.8. The number of rotatable bonds is 6. The number of amides is 1. The molecule has 0 bridgehead atoms. The monoisotopic (exact) mass is 558 g/mol. The Balaban J connectivity index is 1.31. The molecule has 1 amide bonds. The van der Waals surface area contributed by atoms with E-state index in [1.165, 1.54) is 6.07 Å². The Morgan fingerprint density at radius 2 is 1.80 bits per heavy atom. The first-order valence-electron chi connectivity index (χ1n) is 12.9. The van der Waals surface area contributed by atoms with Crippen LogP contribution in [0.15, 0.2) is 42.6 Å². The molecule has 0 unspecified atom stereocenters. The number of benzene rings is 1. The van der Waals surface area contributed by atoms with Gasteiger partial charge in [0.25, 0.3) is 0 Å². The Morgan fingerprint density at radius 3 is 2.50 bits per heavy atom. The van der Waals surface area contributed by atoms with Crippen LogP contribution in [0, 0.1) is 0 Å². The number of carbonyl (C=O) groups is 1. The molecule has 40 heavy (non-hydrogen) atoms. The van der Waals surface area contributed by atoms with E-state index in [-0.39, 0.29) is 35.9 Å². The van der Waals surface area contributed by atoms with Crippen LogP contribution in [0.1, 0.15) is 24.1 Å². The molecule has 2 saturated heterocycles. The highest BCUT2D eigenvalue weighted by Crippen LogP contribution is 2.36. The number of anilines is 3. The fourth-order valence-electron chi connectivity index (χ4n) is 4.58. The number of nitrogens with two attached hydrogens (primary N) is 1. The summed E-state index contributed by atoms with van der Waals surface area (Å²) in [6.07, 6.45) is -2.91. The predicted molar refractivity (Wildman–Crippen MR) is 140 cm³/mol. The maximum Gasteiger partial charge on any atom is 0.434 e. The van der Waals surface area contributed by atoms with E-state index in [9.17, 15) is 18.0 Å². The van der Waals surface area contributed by atoms with Crippen LogP contribution >= 0.6 is 0 Å². The fourth-order valence-corrected chi connectivity index (χ4v) is 4.58. The molecular weight excluding hydrogens is 529 g/mol. The number of halogens is 3. The number of hydrogen-bond donors (Lipinski definition) is 2. The van der Waals surface area contributed by atoms with Crippen LogP contribution in [-0.2, 0) is 22.3 Å². The van der Waals surface area contributed by atoms with Gasteiger partial charge >= 0.3 is 12.3 Å². The maximum absolute atomic E-state index is 13.8. The van der Waals surface area contributed by atoms with E-state index in [4.69, 9.17) is 15.2 Å². The Labute approximate surface area is 228 Å². The normalized spacial score (nSPS) is 16.6. The van der Waals surface area contributed by atoms with Crippen molar-refractivity contribution >= 4 is 23.8 Å². The van der Waals surface area contributed by atoms with Gasteiger partial charge in [0.2, 0.25) is 11.9 Å². The molecule has 0 radical (unpaired) electrons. The lowest BCUT2D eigenvalue weighted by Gasteiger charge is -2.32. The molecule has 5 rings (SSSR count). The molecule has 14 heteroatoms. The van der Waals surface area contributed by atoms with E-state index in [1.54, 1.807) is 4.90 Å². The molecule has 1 aromatic carbocycles. The van der Waals surface area contributed by atoms with Crippen LogP contribution in [0.25, 0.3) is 11.3 Å². The quantitative estimate of drug-likeness (QED) is 0.463. The van der Waals surface area contributed by atoms with Crippen LogP contribution in [0.2, 0.25) is 0 Å². The van der Waals surface area contributed by atoms with Crippen molar-refractivity contribution in [1.82, 2.24) is 24.8 Å². The number of nitrogens with one attached hydrogen (secondary N) is 1. The highest BCUT2D eigenvalue weighted by atomic mass is 19.4. The molecule has 0 saturated carbocycles. The van der Waals surface area contributed by atoms with E-state index in [0.29, 0.717) is 58.1 Å². The number of morpholine rings is 1. The number of likely N-dealkylation sites (tertiary alicyclic amines) is 1. The van der Waals surface area contributed by atoms with Crippen molar-refractivity contribution in [1.29, 1.82) is 0 Å². The SMILES string of the molecule is Nc1ncc(-c2cc(NC3CCN(C(=O)OCc4ccccc4)CC3)nc(N3CCOCC3)n2)c(C(F)(F)F)n1. The Bertz CT molecular complexity index is 1310. The smallest absolute Gasteiger partial charge is 0.434 e. The number of nitrogens with zero attached hydrogens (tertiary/aromatic N) is 6. The second-order valence-electron chi connectivity index (χ2n) is 9.47. The highest BCUT2D eigenvalue weighted by molar-refractivity contribution is 5.68. The summed E-state index contributed by atoms with van der Waals surface area (Å²) < 4.78 is 52.3. The summed E-state index contributed by atoms with van der Waals surface area (Å²) in [5.74, 6) is 0.155. The van der Waals surface area contributed by atoms with E-state index in [2.05, 4.69) is 25.3 Å². The van der Waals surface area contributed by atoms with Crippen molar-refractivity contribution in [3.05, 3.63) is 53.9 Å². The number of carbonyl (C=O) groups excluding carboxylic acids is 1. The van der Waals surface area contributed by atoms with Gasteiger partial charge in [-0.25, -0.2) is 19.7 Å². The van der Waals surface area contributed by atoms with Crippen LogP contribution in [0.3, 0.4) is 0 Å². The second kappa shape index (κ2) is 11.9. The third-order valence-electron chi connectivity index (χ3n) is 6.67. The molecule has 4 heterocycles. The highest BCUT2D eigenvalue weighted by Gasteiger charge is 2.37. The topological polar surface area (TPSA) is 132 Å². The molecule has 2 fully saturated rings. The standard InChI is InChI=1S/C26H29F3N8O3/c27-26(28,29)22-19(15-31-23(30)35-22)20-14-21(34-24(33-20)36-10-12-39-13-11-36)32-18-6-8-37(9-7-18)25(38)40-16-17-4-2-1-3-5-17/h1-5,14-15,18H,6-13,16H2,(H2,30,31,35)(H,32,33,34). The number of piperidine rings is 1. The zero-order valence-corrected chi connectivity index (χ0v) is 21.6. The van der Waals surface area contributed by atoms with Crippen molar-refractivity contribution in [2.24, 2.45) is 0 Å². The lowest BCUT2D eigenvalue weighted by Crippen LogP contribution is -2.42. The summed E-state index contributed by atoms with van der Waals surface area (Å²) in [4.78, 5) is 32.3. The summed E-state index contributed by atoms with van der Waals surface area (Å²) in [6.45, 7) is 3.02. The minimum Gasteiger partial charge on any atom is -0.445 e. The van der Waals surface area contributed by atoms with Crippen molar-refractivity contribution in [2.75, 3.05) is 55.3 Å². The number of hydrogen-bond acceptors (Lipinski definition) is 10. The molecular formula is C26H29F3N8O3. The molecule has 3 N–H and O–H groups in total. The first-order chi connectivity index (χ1) is 19.3. The number of ether oxygens (including phenoxy) is 2. The zero-order chi connectivity index (χ0) is 28.1. The first-order valence-corrected chi connectivity index (χ1v) is 12.9. The lowest BCUT2D eigenvalue weighted by atomic mass is 10.1. The third-order valence-corrected chi connectivity index (χ3v) is 6.67. The van der Waals surface area contributed by atoms with Gasteiger partial charge in [0.05, 0.1) is 18.9 Å². The van der Waals surface area contributed by atoms with Crippen LogP contribution < -0.4 is 16.0 Å². The molecule has 2 aromatic heterocycles. The largest absolute Gasteiger partial charge is 0.445 e. The molecule has 11 nitrogen and oxygen atoms in total. The molecule has 3 aromatic rings. The fraction of sp³-hybridized carbons (Fsp3) is 0.423. The number of aromatic nitrogens is 4. The molecule has 212 valence electrons. The van der Waals surface area contributed by atoms with Gasteiger partial charge in [0, 0.05) is 50.0 Å². The van der Waals surface area contributed by atoms with Gasteiger partial charge in [-0.05, 0) is 18.4 Å². The third kappa shape index (κ3) is 6.68. The molecule has 2 aliphatic rings. The van der Waals surface area contributed by atoms with Gasteiger partial charge in [-0.2, -0.15) is 18.2 Å². The van der Waals surface area contributed by atoms with Gasteiger partial charge in [0.1, 0.15) is 12.4 Å². The summed E-state index contributed by atoms with van der Waals surface area (Å²) in [5.41, 5.74) is 4.92. The van der Waals surface area contributed by atoms with Crippen molar-refractivity contribution in [3.8, 4) is 11.3 Å². The Morgan fingerprint density at radius 1 is 1.07 bits per heavy atom. The molecule has 0 aliphatic carbocycles. The van der Waals surface area contributed by atoms with E-state index < -0.39 is 17.8 Å². The van der Waals surface area contributed by atoms with Crippen LogP contribution in [-0.4, -0.2) is 76.4 Å². The summed E-state index contributed by atoms with van der Waals surface area (Å²) in [7, 11) is 0. The van der Waals surface area contributed by atoms with Crippen molar-refractivity contribution in [2.45, 2.75) is 31.7 Å². The van der Waals surface area contributed by atoms with E-state index in [0.717, 1.165) is 11.8 Å². The van der Waals surface area contributed by atoms with E-state index in [1.807, 2.05) is 35.2 Å². The van der Waals surface area contributed by atoms with Gasteiger partial charge in [-0.15, -0.1) is 0 Å². The molecule has 0 atom stereocenters. The van der Waals surface area contributed by atoms with Crippen molar-refractivity contribution < 1.29 is 27.4 Å². The van der Waals surface area contributed by atoms with Gasteiger partial charge in [0.15, 0.2) is 5.69 Å². The average molecular weight is 559 g/mol. The average Bonchev–Trinajstić information content (AvgIpc) is 2.96. The Hall–Kier alpha value is -4.20. The number of nitrogen functional groups attached to an aromatic ring is 1. The number of alkyl halides is 3. The van der Waals surface area contributed by atoms with Crippen molar-refractivity contribution in [3.63, 3.8) is 0 Å². The minimum absolute atomic E-state index is 0.0215. The summed E-state index contributed by atoms with van der Waals surface area (Å²) in [6, 6.07) is 10.8. The first kappa shape index (κ1) is 27.4. The van der Waals surface area contributed by atoms with Gasteiger partial charge in [-0.3, -0.25) is 0 Å².